The topological polar surface area (TPSA) is 49.6 Å². The third-order valence-electron chi connectivity index (χ3n) is 2.94. The first kappa shape index (κ1) is 15.7. The zero-order chi connectivity index (χ0) is 15.4. The van der Waals surface area contributed by atoms with Gasteiger partial charge in [-0.15, -0.1) is 0 Å². The van der Waals surface area contributed by atoms with E-state index in [0.717, 1.165) is 10.1 Å². The van der Waals surface area contributed by atoms with Crippen molar-refractivity contribution < 1.29 is 13.6 Å². The molecular weight excluding hydrogens is 346 g/mol. The number of carbonyl (C=O) groups is 1. The summed E-state index contributed by atoms with van der Waals surface area (Å²) >= 11 is 3.40. The molecule has 2 aromatic heterocycles. The van der Waals surface area contributed by atoms with Crippen molar-refractivity contribution in [1.29, 1.82) is 0 Å². The van der Waals surface area contributed by atoms with Gasteiger partial charge in [0, 0.05) is 32.4 Å². The molecule has 0 unspecified atom stereocenters. The predicted molar refractivity (Wildman–Crippen MR) is 78.4 cm³/mol. The fourth-order valence-electron chi connectivity index (χ4n) is 1.81. The normalized spacial score (nSPS) is 11.1. The Morgan fingerprint density at radius 1 is 1.57 bits per heavy atom. The lowest BCUT2D eigenvalue weighted by Crippen LogP contribution is -2.37. The summed E-state index contributed by atoms with van der Waals surface area (Å²) in [4.78, 5) is 17.4. The highest BCUT2D eigenvalue weighted by Crippen LogP contribution is 2.16. The maximum absolute atomic E-state index is 12.1. The lowest BCUT2D eigenvalue weighted by molar-refractivity contribution is 0.124. The number of imidazole rings is 1. The smallest absolute Gasteiger partial charge is 0.317 e. The third-order valence-corrected chi connectivity index (χ3v) is 3.55. The second-order valence-corrected chi connectivity index (χ2v) is 5.43. The van der Waals surface area contributed by atoms with Crippen molar-refractivity contribution in [3.05, 3.63) is 34.7 Å². The Kier molecular flexibility index (Phi) is 5.11. The zero-order valence-electron chi connectivity index (χ0n) is 11.4. The zero-order valence-corrected chi connectivity index (χ0v) is 13.0. The molecule has 0 atom stereocenters. The third kappa shape index (κ3) is 4.13. The van der Waals surface area contributed by atoms with Crippen molar-refractivity contribution in [2.75, 3.05) is 13.6 Å². The second-order valence-electron chi connectivity index (χ2n) is 4.58. The molecule has 0 fully saturated rings. The highest BCUT2D eigenvalue weighted by molar-refractivity contribution is 9.10. The minimum atomic E-state index is -2.41. The first-order valence-electron chi connectivity index (χ1n) is 6.36. The molecule has 0 aliphatic rings. The van der Waals surface area contributed by atoms with Crippen LogP contribution in [0.2, 0.25) is 0 Å². The van der Waals surface area contributed by atoms with Crippen LogP contribution in [0.15, 0.2) is 29.0 Å². The Hall–Kier alpha value is -1.70. The van der Waals surface area contributed by atoms with Gasteiger partial charge < -0.3 is 14.6 Å². The predicted octanol–water partition coefficient (Wildman–Crippen LogP) is 2.89. The highest BCUT2D eigenvalue weighted by atomic mass is 79.9. The molecule has 2 aromatic rings. The molecule has 0 aliphatic carbocycles. The van der Waals surface area contributed by atoms with Gasteiger partial charge in [-0.3, -0.25) is 0 Å². The summed E-state index contributed by atoms with van der Waals surface area (Å²) in [5.74, 6) is 0. The van der Waals surface area contributed by atoms with Crippen LogP contribution in [0, 0.1) is 0 Å². The summed E-state index contributed by atoms with van der Waals surface area (Å²) in [5.41, 5.74) is 1.45. The van der Waals surface area contributed by atoms with Gasteiger partial charge in [-0.25, -0.2) is 18.6 Å². The van der Waals surface area contributed by atoms with E-state index in [4.69, 9.17) is 0 Å². The molecule has 0 aromatic carbocycles. The average molecular weight is 361 g/mol. The van der Waals surface area contributed by atoms with E-state index >= 15 is 0 Å². The first-order valence-corrected chi connectivity index (χ1v) is 7.16. The van der Waals surface area contributed by atoms with Gasteiger partial charge in [-0.1, -0.05) is 0 Å². The SMILES string of the molecule is CN(CCC(F)F)C(=O)NCc1cn2cccc(Br)c2n1. The van der Waals surface area contributed by atoms with Crippen molar-refractivity contribution in [3.8, 4) is 0 Å². The average Bonchev–Trinajstić information content (AvgIpc) is 2.86. The summed E-state index contributed by atoms with van der Waals surface area (Å²) < 4.78 is 26.9. The van der Waals surface area contributed by atoms with Gasteiger partial charge >= 0.3 is 6.03 Å². The molecule has 114 valence electrons. The molecule has 0 saturated carbocycles. The Balaban J connectivity index is 1.92. The lowest BCUT2D eigenvalue weighted by Gasteiger charge is -2.17. The summed E-state index contributed by atoms with van der Waals surface area (Å²) in [6.07, 6.45) is 0.925. The van der Waals surface area contributed by atoms with Crippen LogP contribution in [-0.4, -0.2) is 40.3 Å². The molecular formula is C13H15BrF2N4O. The van der Waals surface area contributed by atoms with E-state index in [0.29, 0.717) is 5.69 Å². The van der Waals surface area contributed by atoms with Gasteiger partial charge in [0.1, 0.15) is 0 Å². The van der Waals surface area contributed by atoms with Crippen molar-refractivity contribution in [2.24, 2.45) is 0 Å². The number of carbonyl (C=O) groups excluding carboxylic acids is 1. The number of halogens is 3. The van der Waals surface area contributed by atoms with Gasteiger partial charge in [0.15, 0.2) is 5.65 Å². The fourth-order valence-corrected chi connectivity index (χ4v) is 2.25. The first-order chi connectivity index (χ1) is 9.97. The molecule has 0 saturated heterocycles. The summed E-state index contributed by atoms with van der Waals surface area (Å²) in [6, 6.07) is 3.36. The van der Waals surface area contributed by atoms with Gasteiger partial charge in [0.05, 0.1) is 16.7 Å². The largest absolute Gasteiger partial charge is 0.332 e. The van der Waals surface area contributed by atoms with Crippen LogP contribution in [-0.2, 0) is 6.54 Å². The Morgan fingerprint density at radius 2 is 2.33 bits per heavy atom. The highest BCUT2D eigenvalue weighted by Gasteiger charge is 2.12. The molecule has 2 rings (SSSR count). The fraction of sp³-hybridized carbons (Fsp3) is 0.385. The molecule has 21 heavy (non-hydrogen) atoms. The van der Waals surface area contributed by atoms with Gasteiger partial charge in [-0.05, 0) is 28.1 Å². The number of aromatic nitrogens is 2. The minimum absolute atomic E-state index is 0.0141. The van der Waals surface area contributed by atoms with Crippen LogP contribution in [0.25, 0.3) is 5.65 Å². The van der Waals surface area contributed by atoms with Crippen molar-refractivity contribution in [2.45, 2.75) is 19.4 Å². The Morgan fingerprint density at radius 3 is 3.00 bits per heavy atom. The number of hydrogen-bond donors (Lipinski definition) is 1. The van der Waals surface area contributed by atoms with Crippen molar-refractivity contribution >= 4 is 27.6 Å². The summed E-state index contributed by atoms with van der Waals surface area (Å²) in [5, 5.41) is 2.65. The van der Waals surface area contributed by atoms with Crippen LogP contribution >= 0.6 is 15.9 Å². The lowest BCUT2D eigenvalue weighted by atomic mass is 10.4. The number of nitrogens with one attached hydrogen (secondary N) is 1. The molecule has 1 N–H and O–H groups in total. The quantitative estimate of drug-likeness (QED) is 0.891. The monoisotopic (exact) mass is 360 g/mol. The van der Waals surface area contributed by atoms with Gasteiger partial charge in [0.25, 0.3) is 0 Å². The maximum atomic E-state index is 12.1. The molecule has 0 bridgehead atoms. The number of amides is 2. The number of urea groups is 1. The number of pyridine rings is 1. The van der Waals surface area contributed by atoms with E-state index in [9.17, 15) is 13.6 Å². The van der Waals surface area contributed by atoms with E-state index in [1.165, 1.54) is 11.9 Å². The van der Waals surface area contributed by atoms with Crippen LogP contribution < -0.4 is 5.32 Å². The number of nitrogens with zero attached hydrogens (tertiary/aromatic N) is 3. The van der Waals surface area contributed by atoms with E-state index in [1.807, 2.05) is 22.7 Å². The van der Waals surface area contributed by atoms with Crippen molar-refractivity contribution in [3.63, 3.8) is 0 Å². The standard InChI is InChI=1S/C13H15BrF2N4O/c1-19(6-4-11(15)16)13(21)17-7-9-8-20-5-2-3-10(14)12(20)18-9/h2-3,5,8,11H,4,6-7H2,1H3,(H,17,21). The Bertz CT molecular complexity index is 632. The van der Waals surface area contributed by atoms with Crippen LogP contribution in [0.4, 0.5) is 13.6 Å². The number of rotatable bonds is 5. The molecule has 0 spiro atoms. The van der Waals surface area contributed by atoms with E-state index in [1.54, 1.807) is 6.20 Å². The van der Waals surface area contributed by atoms with Crippen LogP contribution in [0.3, 0.4) is 0 Å². The molecule has 2 amide bonds. The molecule has 0 aliphatic heterocycles. The van der Waals surface area contributed by atoms with E-state index < -0.39 is 12.5 Å². The van der Waals surface area contributed by atoms with E-state index in [2.05, 4.69) is 26.2 Å². The molecule has 0 radical (unpaired) electrons. The van der Waals surface area contributed by atoms with Crippen LogP contribution in [0.5, 0.6) is 0 Å². The number of alkyl halides is 2. The van der Waals surface area contributed by atoms with Gasteiger partial charge in [-0.2, -0.15) is 0 Å². The van der Waals surface area contributed by atoms with Crippen LogP contribution in [0.1, 0.15) is 12.1 Å². The molecule has 2 heterocycles. The van der Waals surface area contributed by atoms with E-state index in [-0.39, 0.29) is 19.5 Å². The molecule has 8 heteroatoms. The summed E-state index contributed by atoms with van der Waals surface area (Å²) in [6.45, 7) is 0.256. The second kappa shape index (κ2) is 6.84. The number of hydrogen-bond acceptors (Lipinski definition) is 2. The summed E-state index contributed by atoms with van der Waals surface area (Å²) in [7, 11) is 1.48. The van der Waals surface area contributed by atoms with Gasteiger partial charge in [0.2, 0.25) is 6.43 Å². The maximum Gasteiger partial charge on any atom is 0.317 e. The Labute approximate surface area is 129 Å². The van der Waals surface area contributed by atoms with Crippen molar-refractivity contribution in [1.82, 2.24) is 19.6 Å². The number of fused-ring (bicyclic) bond motifs is 1. The minimum Gasteiger partial charge on any atom is -0.332 e. The molecule has 5 nitrogen and oxygen atoms in total.